The second-order valence-corrected chi connectivity index (χ2v) is 3.27. The molecule has 0 amide bonds. The quantitative estimate of drug-likeness (QED) is 0.526. The van der Waals surface area contributed by atoms with E-state index in [9.17, 15) is 4.57 Å². The molecule has 0 spiro atoms. The first kappa shape index (κ1) is 7.13. The summed E-state index contributed by atoms with van der Waals surface area (Å²) >= 11 is 0. The molecule has 1 atom stereocenters. The Kier molecular flexibility index (Phi) is 2.58. The van der Waals surface area contributed by atoms with E-state index >= 15 is 0 Å². The van der Waals surface area contributed by atoms with Gasteiger partial charge < -0.3 is 0 Å². The van der Waals surface area contributed by atoms with Crippen molar-refractivity contribution in [2.45, 2.75) is 13.3 Å². The van der Waals surface area contributed by atoms with Gasteiger partial charge >= 0.3 is 8.18 Å². The molecule has 0 N–H and O–H groups in total. The van der Waals surface area contributed by atoms with E-state index in [1.165, 1.54) is 0 Å². The van der Waals surface area contributed by atoms with Crippen molar-refractivity contribution in [3.8, 4) is 0 Å². The second-order valence-electron chi connectivity index (χ2n) is 1.97. The van der Waals surface area contributed by atoms with Gasteiger partial charge in [-0.3, -0.25) is 0 Å². The van der Waals surface area contributed by atoms with Crippen molar-refractivity contribution in [1.29, 1.82) is 0 Å². The number of nitrogens with zero attached hydrogens (tertiary/aromatic N) is 1. The third-order valence-corrected chi connectivity index (χ3v) is 2.71. The molecule has 1 aliphatic heterocycles. The van der Waals surface area contributed by atoms with E-state index in [1.54, 1.807) is 0 Å². The first-order chi connectivity index (χ1) is 4.34. The van der Waals surface area contributed by atoms with Crippen LogP contribution in [0.5, 0.6) is 0 Å². The summed E-state index contributed by atoms with van der Waals surface area (Å²) in [5.41, 5.74) is 0. The highest BCUT2D eigenvalue weighted by Gasteiger charge is 2.31. The maximum Gasteiger partial charge on any atom is 0.615 e. The Labute approximate surface area is 55.9 Å². The topological polar surface area (TPSA) is 29.5 Å². The summed E-state index contributed by atoms with van der Waals surface area (Å²) in [4.78, 5) is 0. The SMILES string of the molecule is CCN1CCCO[P+]1=O. The van der Waals surface area contributed by atoms with Gasteiger partial charge in [0.25, 0.3) is 0 Å². The minimum atomic E-state index is -1.47. The molecule has 0 aromatic heterocycles. The van der Waals surface area contributed by atoms with Crippen molar-refractivity contribution in [2.24, 2.45) is 0 Å². The molecule has 1 fully saturated rings. The van der Waals surface area contributed by atoms with Gasteiger partial charge in [-0.15, -0.1) is 4.52 Å². The van der Waals surface area contributed by atoms with E-state index in [0.29, 0.717) is 6.61 Å². The fourth-order valence-electron chi connectivity index (χ4n) is 0.827. The summed E-state index contributed by atoms with van der Waals surface area (Å²) in [5, 5.41) is 0. The number of hydrogen-bond acceptors (Lipinski definition) is 2. The minimum Gasteiger partial charge on any atom is -0.130 e. The average Bonchev–Trinajstić information content (AvgIpc) is 1.89. The molecule has 0 aromatic carbocycles. The standard InChI is InChI=1S/C5H11NO2P/c1-2-6-4-3-5-8-9(6)7/h2-5H2,1H3/q+1. The Morgan fingerprint density at radius 3 is 3.00 bits per heavy atom. The summed E-state index contributed by atoms with van der Waals surface area (Å²) in [6, 6.07) is 0. The Hall–Kier alpha value is 0.0200. The predicted molar refractivity (Wildman–Crippen MR) is 35.4 cm³/mol. The van der Waals surface area contributed by atoms with E-state index in [1.807, 2.05) is 11.6 Å². The van der Waals surface area contributed by atoms with Crippen LogP contribution in [0.2, 0.25) is 0 Å². The molecule has 4 heteroatoms. The molecule has 0 radical (unpaired) electrons. The number of rotatable bonds is 1. The molecule has 52 valence electrons. The molecular formula is C5H11NO2P+. The predicted octanol–water partition coefficient (Wildman–Crippen LogP) is 1.39. The van der Waals surface area contributed by atoms with Crippen LogP contribution in [-0.4, -0.2) is 24.4 Å². The smallest absolute Gasteiger partial charge is 0.130 e. The lowest BCUT2D eigenvalue weighted by molar-refractivity contribution is 0.228. The maximum absolute atomic E-state index is 10.9. The lowest BCUT2D eigenvalue weighted by atomic mass is 10.4. The van der Waals surface area contributed by atoms with E-state index < -0.39 is 8.18 Å². The molecule has 0 aliphatic carbocycles. The van der Waals surface area contributed by atoms with Crippen LogP contribution in [0.4, 0.5) is 0 Å². The zero-order valence-electron chi connectivity index (χ0n) is 5.54. The van der Waals surface area contributed by atoms with Gasteiger partial charge in [0.15, 0.2) is 0 Å². The van der Waals surface area contributed by atoms with Crippen LogP contribution < -0.4 is 0 Å². The van der Waals surface area contributed by atoms with Gasteiger partial charge in [-0.25, -0.2) is 0 Å². The molecule has 1 aliphatic rings. The first-order valence-electron chi connectivity index (χ1n) is 3.19. The second kappa shape index (κ2) is 3.25. The molecule has 0 saturated carbocycles. The van der Waals surface area contributed by atoms with Crippen LogP contribution in [0.25, 0.3) is 0 Å². The van der Waals surface area contributed by atoms with Crippen molar-refractivity contribution in [1.82, 2.24) is 4.67 Å². The van der Waals surface area contributed by atoms with Crippen LogP contribution >= 0.6 is 8.18 Å². The van der Waals surface area contributed by atoms with Crippen LogP contribution in [0.1, 0.15) is 13.3 Å². The normalized spacial score (nSPS) is 26.6. The van der Waals surface area contributed by atoms with Gasteiger partial charge in [0.1, 0.15) is 6.61 Å². The molecule has 0 bridgehead atoms. The highest BCUT2D eigenvalue weighted by atomic mass is 31.1. The molecule has 1 unspecified atom stereocenters. The summed E-state index contributed by atoms with van der Waals surface area (Å²) in [6.45, 7) is 4.40. The van der Waals surface area contributed by atoms with E-state index in [0.717, 1.165) is 19.5 Å². The molecule has 1 heterocycles. The fourth-order valence-corrected chi connectivity index (χ4v) is 1.81. The van der Waals surface area contributed by atoms with Gasteiger partial charge in [0, 0.05) is 13.1 Å². The molecule has 3 nitrogen and oxygen atoms in total. The molecule has 0 aromatic rings. The van der Waals surface area contributed by atoms with Crippen LogP contribution in [0.15, 0.2) is 0 Å². The highest BCUT2D eigenvalue weighted by Crippen LogP contribution is 2.31. The van der Waals surface area contributed by atoms with Crippen molar-refractivity contribution < 1.29 is 9.09 Å². The van der Waals surface area contributed by atoms with Crippen LogP contribution in [-0.2, 0) is 9.09 Å². The van der Waals surface area contributed by atoms with Crippen molar-refractivity contribution in [3.63, 3.8) is 0 Å². The Balaban J connectivity index is 2.39. The monoisotopic (exact) mass is 148 g/mol. The lowest BCUT2D eigenvalue weighted by Gasteiger charge is -2.10. The molecule has 9 heavy (non-hydrogen) atoms. The van der Waals surface area contributed by atoms with Gasteiger partial charge in [0.05, 0.1) is 0 Å². The third-order valence-electron chi connectivity index (χ3n) is 1.36. The number of hydrogen-bond donors (Lipinski definition) is 0. The third kappa shape index (κ3) is 1.71. The highest BCUT2D eigenvalue weighted by molar-refractivity contribution is 7.36. The Bertz CT molecular complexity index is 118. The first-order valence-corrected chi connectivity index (χ1v) is 4.32. The minimum absolute atomic E-state index is 0.658. The Morgan fingerprint density at radius 1 is 1.78 bits per heavy atom. The maximum atomic E-state index is 10.9. The van der Waals surface area contributed by atoms with Crippen molar-refractivity contribution in [3.05, 3.63) is 0 Å². The van der Waals surface area contributed by atoms with Gasteiger partial charge in [-0.2, -0.15) is 0 Å². The van der Waals surface area contributed by atoms with E-state index in [-0.39, 0.29) is 0 Å². The summed E-state index contributed by atoms with van der Waals surface area (Å²) < 4.78 is 17.6. The largest absolute Gasteiger partial charge is 0.615 e. The van der Waals surface area contributed by atoms with Gasteiger partial charge in [0.2, 0.25) is 0 Å². The summed E-state index contributed by atoms with van der Waals surface area (Å²) in [5.74, 6) is 0. The van der Waals surface area contributed by atoms with Crippen LogP contribution in [0.3, 0.4) is 0 Å². The molecule has 1 rings (SSSR count). The summed E-state index contributed by atoms with van der Waals surface area (Å²) in [7, 11) is -1.47. The molecule has 1 saturated heterocycles. The Morgan fingerprint density at radius 2 is 2.56 bits per heavy atom. The van der Waals surface area contributed by atoms with Crippen molar-refractivity contribution >= 4 is 8.18 Å². The fraction of sp³-hybridized carbons (Fsp3) is 1.00. The van der Waals surface area contributed by atoms with Gasteiger partial charge in [-0.05, 0) is 17.9 Å². The molecular weight excluding hydrogens is 137 g/mol. The zero-order chi connectivity index (χ0) is 6.69. The van der Waals surface area contributed by atoms with E-state index in [2.05, 4.69) is 0 Å². The van der Waals surface area contributed by atoms with Gasteiger partial charge in [-0.1, -0.05) is 4.67 Å². The zero-order valence-corrected chi connectivity index (χ0v) is 6.43. The average molecular weight is 148 g/mol. The van der Waals surface area contributed by atoms with E-state index in [4.69, 9.17) is 4.52 Å². The van der Waals surface area contributed by atoms with Crippen molar-refractivity contribution in [2.75, 3.05) is 19.7 Å². The summed E-state index contributed by atoms with van der Waals surface area (Å²) in [6.07, 6.45) is 1.01. The van der Waals surface area contributed by atoms with Crippen LogP contribution in [0, 0.1) is 0 Å². The lowest BCUT2D eigenvalue weighted by Crippen LogP contribution is -2.22.